The zero-order chi connectivity index (χ0) is 17.8. The van der Waals surface area contributed by atoms with Crippen molar-refractivity contribution in [3.63, 3.8) is 0 Å². The van der Waals surface area contributed by atoms with Gasteiger partial charge in [-0.1, -0.05) is 30.3 Å². The number of benzene rings is 2. The molecule has 6 nitrogen and oxygen atoms in total. The lowest BCUT2D eigenvalue weighted by atomic mass is 10.0. The number of imidazole rings is 1. The van der Waals surface area contributed by atoms with Crippen molar-refractivity contribution in [2.24, 2.45) is 5.10 Å². The summed E-state index contributed by atoms with van der Waals surface area (Å²) in [5.74, 6) is -0.0128. The summed E-state index contributed by atoms with van der Waals surface area (Å²) in [5.41, 5.74) is 9.91. The summed E-state index contributed by atoms with van der Waals surface area (Å²) in [6.07, 6.45) is 3.47. The van der Waals surface area contributed by atoms with Gasteiger partial charge < -0.3 is 10.5 Å². The standard InChI is InChI=1S/C19H18N4O2/c1-13-12-23(19(20)22-13)21-11-14-5-3-6-15(9-14)16-7-4-8-17(10-16)18(24)25-2/h3-12H,1-2H3,(H2,20,22). The molecule has 0 radical (unpaired) electrons. The first-order chi connectivity index (χ1) is 12.1. The Kier molecular flexibility index (Phi) is 4.61. The van der Waals surface area contributed by atoms with Crippen LogP contribution >= 0.6 is 0 Å². The molecule has 0 fully saturated rings. The van der Waals surface area contributed by atoms with E-state index in [0.717, 1.165) is 22.4 Å². The highest BCUT2D eigenvalue weighted by Gasteiger charge is 2.07. The minimum absolute atomic E-state index is 0.343. The molecule has 0 atom stereocenters. The van der Waals surface area contributed by atoms with Gasteiger partial charge in [0.2, 0.25) is 5.95 Å². The van der Waals surface area contributed by atoms with E-state index in [9.17, 15) is 4.79 Å². The molecule has 2 aromatic carbocycles. The summed E-state index contributed by atoms with van der Waals surface area (Å²) < 4.78 is 6.30. The first kappa shape index (κ1) is 16.4. The van der Waals surface area contributed by atoms with Gasteiger partial charge in [-0.25, -0.2) is 14.5 Å². The Balaban J connectivity index is 1.89. The Morgan fingerprint density at radius 2 is 1.92 bits per heavy atom. The molecule has 1 heterocycles. The summed E-state index contributed by atoms with van der Waals surface area (Å²) in [5, 5.41) is 4.32. The molecule has 0 aliphatic heterocycles. The molecule has 0 amide bonds. The van der Waals surface area contributed by atoms with Gasteiger partial charge in [0.05, 0.1) is 30.8 Å². The number of nitrogen functional groups attached to an aromatic ring is 1. The maximum atomic E-state index is 11.7. The van der Waals surface area contributed by atoms with E-state index >= 15 is 0 Å². The molecule has 3 aromatic rings. The number of ether oxygens (including phenoxy) is 1. The Morgan fingerprint density at radius 1 is 1.20 bits per heavy atom. The van der Waals surface area contributed by atoms with E-state index in [1.807, 2.05) is 43.3 Å². The highest BCUT2D eigenvalue weighted by molar-refractivity contribution is 5.91. The Morgan fingerprint density at radius 3 is 2.60 bits per heavy atom. The number of hydrogen-bond acceptors (Lipinski definition) is 5. The monoisotopic (exact) mass is 334 g/mol. The van der Waals surface area contributed by atoms with Crippen LogP contribution in [0.1, 0.15) is 21.6 Å². The predicted molar refractivity (Wildman–Crippen MR) is 97.6 cm³/mol. The molecule has 0 saturated carbocycles. The van der Waals surface area contributed by atoms with Gasteiger partial charge in [-0.3, -0.25) is 0 Å². The number of methoxy groups -OCH3 is 1. The van der Waals surface area contributed by atoms with Crippen molar-refractivity contribution in [2.45, 2.75) is 6.92 Å². The maximum absolute atomic E-state index is 11.7. The summed E-state index contributed by atoms with van der Waals surface area (Å²) >= 11 is 0. The molecular formula is C19H18N4O2. The second-order valence-electron chi connectivity index (χ2n) is 5.53. The van der Waals surface area contributed by atoms with Crippen LogP contribution in [0.3, 0.4) is 0 Å². The number of aromatic nitrogens is 2. The van der Waals surface area contributed by atoms with E-state index < -0.39 is 0 Å². The van der Waals surface area contributed by atoms with Gasteiger partial charge in [0.15, 0.2) is 0 Å². The number of aryl methyl sites for hydroxylation is 1. The molecule has 3 rings (SSSR count). The minimum atomic E-state index is -0.356. The van der Waals surface area contributed by atoms with E-state index in [0.29, 0.717) is 11.5 Å². The van der Waals surface area contributed by atoms with Gasteiger partial charge in [0.1, 0.15) is 0 Å². The molecule has 0 spiro atoms. The van der Waals surface area contributed by atoms with Crippen molar-refractivity contribution in [1.82, 2.24) is 9.66 Å². The topological polar surface area (TPSA) is 82.5 Å². The molecule has 0 aliphatic rings. The fourth-order valence-electron chi connectivity index (χ4n) is 2.47. The van der Waals surface area contributed by atoms with Gasteiger partial charge in [-0.2, -0.15) is 5.10 Å². The maximum Gasteiger partial charge on any atom is 0.337 e. The smallest absolute Gasteiger partial charge is 0.337 e. The van der Waals surface area contributed by atoms with Crippen molar-refractivity contribution in [3.8, 4) is 11.1 Å². The molecule has 6 heteroatoms. The molecule has 0 aliphatic carbocycles. The third kappa shape index (κ3) is 3.74. The minimum Gasteiger partial charge on any atom is -0.465 e. The lowest BCUT2D eigenvalue weighted by Crippen LogP contribution is -2.00. The zero-order valence-corrected chi connectivity index (χ0v) is 14.0. The van der Waals surface area contributed by atoms with E-state index in [1.165, 1.54) is 11.8 Å². The number of anilines is 1. The van der Waals surface area contributed by atoms with Crippen LogP contribution in [0.25, 0.3) is 11.1 Å². The van der Waals surface area contributed by atoms with Gasteiger partial charge in [-0.05, 0) is 41.8 Å². The quantitative estimate of drug-likeness (QED) is 0.587. The molecule has 0 saturated heterocycles. The second-order valence-corrected chi connectivity index (χ2v) is 5.53. The number of nitrogens with zero attached hydrogens (tertiary/aromatic N) is 3. The van der Waals surface area contributed by atoms with Gasteiger partial charge in [0.25, 0.3) is 0 Å². The Bertz CT molecular complexity index is 944. The largest absolute Gasteiger partial charge is 0.465 e. The second kappa shape index (κ2) is 7.00. The summed E-state index contributed by atoms with van der Waals surface area (Å²) in [6, 6.07) is 15.1. The fraction of sp³-hybridized carbons (Fsp3) is 0.105. The fourth-order valence-corrected chi connectivity index (χ4v) is 2.47. The SMILES string of the molecule is COC(=O)c1cccc(-c2cccc(C=Nn3cc(C)nc3N)c2)c1. The van der Waals surface area contributed by atoms with Crippen LogP contribution in [0.15, 0.2) is 59.8 Å². The van der Waals surface area contributed by atoms with E-state index in [2.05, 4.69) is 10.1 Å². The highest BCUT2D eigenvalue weighted by Crippen LogP contribution is 2.21. The van der Waals surface area contributed by atoms with Crippen LogP contribution in [-0.4, -0.2) is 29.0 Å². The third-order valence-electron chi connectivity index (χ3n) is 3.67. The number of rotatable bonds is 4. The third-order valence-corrected chi connectivity index (χ3v) is 3.67. The van der Waals surface area contributed by atoms with Crippen LogP contribution in [0.4, 0.5) is 5.95 Å². The molecule has 25 heavy (non-hydrogen) atoms. The van der Waals surface area contributed by atoms with Crippen LogP contribution < -0.4 is 5.73 Å². The number of nitrogens with two attached hydrogens (primary N) is 1. The van der Waals surface area contributed by atoms with Crippen molar-refractivity contribution in [1.29, 1.82) is 0 Å². The van der Waals surface area contributed by atoms with Gasteiger partial charge >= 0.3 is 5.97 Å². The molecule has 0 unspecified atom stereocenters. The van der Waals surface area contributed by atoms with Crippen molar-refractivity contribution in [3.05, 3.63) is 71.5 Å². The van der Waals surface area contributed by atoms with Crippen LogP contribution in [0, 0.1) is 6.92 Å². The lowest BCUT2D eigenvalue weighted by Gasteiger charge is -2.05. The average Bonchev–Trinajstić information content (AvgIpc) is 2.97. The number of hydrogen-bond donors (Lipinski definition) is 1. The van der Waals surface area contributed by atoms with Crippen LogP contribution in [-0.2, 0) is 4.74 Å². The summed E-state index contributed by atoms with van der Waals surface area (Å²) in [4.78, 5) is 15.8. The first-order valence-electron chi connectivity index (χ1n) is 7.71. The molecule has 1 aromatic heterocycles. The highest BCUT2D eigenvalue weighted by atomic mass is 16.5. The van der Waals surface area contributed by atoms with Crippen molar-refractivity contribution >= 4 is 18.1 Å². The average molecular weight is 334 g/mol. The summed E-state index contributed by atoms with van der Waals surface area (Å²) in [6.45, 7) is 1.86. The van der Waals surface area contributed by atoms with E-state index in [4.69, 9.17) is 10.5 Å². The molecule has 2 N–H and O–H groups in total. The first-order valence-corrected chi connectivity index (χ1v) is 7.71. The van der Waals surface area contributed by atoms with Crippen LogP contribution in [0.2, 0.25) is 0 Å². The number of carbonyl (C=O) groups excluding carboxylic acids is 1. The van der Waals surface area contributed by atoms with E-state index in [1.54, 1.807) is 24.5 Å². The molecule has 0 bridgehead atoms. The van der Waals surface area contributed by atoms with Gasteiger partial charge in [0, 0.05) is 0 Å². The van der Waals surface area contributed by atoms with E-state index in [-0.39, 0.29) is 5.97 Å². The molecule has 126 valence electrons. The van der Waals surface area contributed by atoms with Gasteiger partial charge in [-0.15, -0.1) is 0 Å². The zero-order valence-electron chi connectivity index (χ0n) is 14.0. The molecular weight excluding hydrogens is 316 g/mol. The summed E-state index contributed by atoms with van der Waals surface area (Å²) in [7, 11) is 1.37. The normalized spacial score (nSPS) is 11.0. The lowest BCUT2D eigenvalue weighted by molar-refractivity contribution is 0.0601. The number of esters is 1. The number of carbonyl (C=O) groups is 1. The Hall–Kier alpha value is -3.41. The van der Waals surface area contributed by atoms with Crippen LogP contribution in [0.5, 0.6) is 0 Å². The Labute approximate surface area is 145 Å². The van der Waals surface area contributed by atoms with Crippen molar-refractivity contribution < 1.29 is 9.53 Å². The van der Waals surface area contributed by atoms with Crippen molar-refractivity contribution in [2.75, 3.05) is 12.8 Å². The predicted octanol–water partition coefficient (Wildman–Crippen LogP) is 3.11.